The zero-order valence-corrected chi connectivity index (χ0v) is 28.2. The van der Waals surface area contributed by atoms with E-state index in [0.29, 0.717) is 0 Å². The SMILES string of the molecule is c1ccc(-c2ccc3c(c2)Oc2ccc(-c4ccc5c6ccccc6n(-c6ccccc6)c5c4)cc2C32c3ccccc3Oc3ccccc32)cc1. The Hall–Kier alpha value is -6.84. The van der Waals surface area contributed by atoms with Gasteiger partial charge in [0.1, 0.15) is 23.0 Å². The lowest BCUT2D eigenvalue weighted by molar-refractivity contribution is 0.399. The fourth-order valence-corrected chi connectivity index (χ4v) is 8.66. The maximum atomic E-state index is 6.93. The van der Waals surface area contributed by atoms with Gasteiger partial charge in [-0.15, -0.1) is 0 Å². The predicted octanol–water partition coefficient (Wildman–Crippen LogP) is 12.7. The predicted molar refractivity (Wildman–Crippen MR) is 210 cm³/mol. The summed E-state index contributed by atoms with van der Waals surface area (Å²) in [5.41, 5.74) is 11.8. The van der Waals surface area contributed by atoms with E-state index in [1.54, 1.807) is 0 Å². The molecule has 0 atom stereocenters. The largest absolute Gasteiger partial charge is 0.457 e. The highest BCUT2D eigenvalue weighted by atomic mass is 16.5. The number of fused-ring (bicyclic) bond motifs is 11. The molecule has 3 heterocycles. The van der Waals surface area contributed by atoms with Crippen LogP contribution in [0.5, 0.6) is 23.0 Å². The molecule has 244 valence electrons. The van der Waals surface area contributed by atoms with Gasteiger partial charge in [-0.25, -0.2) is 0 Å². The van der Waals surface area contributed by atoms with Gasteiger partial charge in [-0.1, -0.05) is 133 Å². The Morgan fingerprint density at radius 3 is 1.65 bits per heavy atom. The van der Waals surface area contributed by atoms with E-state index >= 15 is 0 Å². The van der Waals surface area contributed by atoms with Crippen LogP contribution < -0.4 is 9.47 Å². The van der Waals surface area contributed by atoms with Gasteiger partial charge in [-0.2, -0.15) is 0 Å². The average molecular weight is 666 g/mol. The van der Waals surface area contributed by atoms with Gasteiger partial charge in [0.25, 0.3) is 0 Å². The third kappa shape index (κ3) is 4.08. The Labute approximate surface area is 301 Å². The second kappa shape index (κ2) is 11.1. The van der Waals surface area contributed by atoms with Crippen LogP contribution in [0, 0.1) is 0 Å². The van der Waals surface area contributed by atoms with Crippen LogP contribution in [0.1, 0.15) is 22.3 Å². The smallest absolute Gasteiger partial charge is 0.132 e. The van der Waals surface area contributed by atoms with Gasteiger partial charge in [0.15, 0.2) is 0 Å². The number of rotatable bonds is 3. The van der Waals surface area contributed by atoms with Crippen molar-refractivity contribution in [3.63, 3.8) is 0 Å². The maximum Gasteiger partial charge on any atom is 0.132 e. The first kappa shape index (κ1) is 28.9. The number of hydrogen-bond acceptors (Lipinski definition) is 2. The quantitative estimate of drug-likeness (QED) is 0.187. The maximum absolute atomic E-state index is 6.93. The van der Waals surface area contributed by atoms with Crippen molar-refractivity contribution in [1.82, 2.24) is 4.57 Å². The van der Waals surface area contributed by atoms with Crippen LogP contribution in [0.25, 0.3) is 49.7 Å². The number of hydrogen-bond donors (Lipinski definition) is 0. The zero-order chi connectivity index (χ0) is 34.2. The monoisotopic (exact) mass is 665 g/mol. The molecule has 0 aliphatic carbocycles. The van der Waals surface area contributed by atoms with Gasteiger partial charge in [0.2, 0.25) is 0 Å². The molecule has 0 unspecified atom stereocenters. The van der Waals surface area contributed by atoms with E-state index in [1.807, 2.05) is 0 Å². The van der Waals surface area contributed by atoms with E-state index in [1.165, 1.54) is 21.8 Å². The van der Waals surface area contributed by atoms with Crippen LogP contribution in [0.4, 0.5) is 0 Å². The topological polar surface area (TPSA) is 23.4 Å². The van der Waals surface area contributed by atoms with E-state index in [2.05, 4.69) is 193 Å². The lowest BCUT2D eigenvalue weighted by Crippen LogP contribution is -2.36. The Morgan fingerprint density at radius 2 is 0.865 bits per heavy atom. The molecule has 8 aromatic carbocycles. The molecule has 0 radical (unpaired) electrons. The molecule has 2 aliphatic heterocycles. The Morgan fingerprint density at radius 1 is 0.327 bits per heavy atom. The fraction of sp³-hybridized carbons (Fsp3) is 0.0204. The van der Waals surface area contributed by atoms with Crippen LogP contribution in [-0.2, 0) is 5.41 Å². The highest BCUT2D eigenvalue weighted by Crippen LogP contribution is 2.62. The van der Waals surface area contributed by atoms with Crippen molar-refractivity contribution in [2.75, 3.05) is 0 Å². The number of para-hydroxylation sites is 4. The molecular formula is C49H31NO2. The Balaban J connectivity index is 1.18. The summed E-state index contributed by atoms with van der Waals surface area (Å²) in [6.45, 7) is 0. The lowest BCUT2D eigenvalue weighted by atomic mass is 9.62. The molecule has 0 N–H and O–H groups in total. The molecular weight excluding hydrogens is 635 g/mol. The standard InChI is InChI=1S/C49H31NO2/c1-3-13-32(14-4-1)35-24-27-41-48(31-35)52-47-28-25-33(29-42(47)49(41)39-18-8-11-21-45(39)51-46-22-12-9-19-40(46)49)34-23-26-38-37-17-7-10-20-43(37)50(44(38)30-34)36-15-5-2-6-16-36/h1-31H. The van der Waals surface area contributed by atoms with Gasteiger partial charge >= 0.3 is 0 Å². The van der Waals surface area contributed by atoms with Crippen molar-refractivity contribution < 1.29 is 9.47 Å². The molecule has 9 aromatic rings. The summed E-state index contributed by atoms with van der Waals surface area (Å²) in [4.78, 5) is 0. The van der Waals surface area contributed by atoms with Crippen LogP contribution in [0.3, 0.4) is 0 Å². The molecule has 3 heteroatoms. The lowest BCUT2D eigenvalue weighted by Gasteiger charge is -2.45. The summed E-state index contributed by atoms with van der Waals surface area (Å²) in [6, 6.07) is 67.0. The third-order valence-electron chi connectivity index (χ3n) is 10.9. The van der Waals surface area contributed by atoms with Gasteiger partial charge < -0.3 is 14.0 Å². The first-order valence-electron chi connectivity index (χ1n) is 17.8. The van der Waals surface area contributed by atoms with Crippen LogP contribution >= 0.6 is 0 Å². The van der Waals surface area contributed by atoms with Crippen molar-refractivity contribution in [2.45, 2.75) is 5.41 Å². The summed E-state index contributed by atoms with van der Waals surface area (Å²) in [5.74, 6) is 3.40. The van der Waals surface area contributed by atoms with Crippen molar-refractivity contribution >= 4 is 21.8 Å². The second-order valence-electron chi connectivity index (χ2n) is 13.7. The minimum atomic E-state index is -0.678. The summed E-state index contributed by atoms with van der Waals surface area (Å²) in [6.07, 6.45) is 0. The summed E-state index contributed by atoms with van der Waals surface area (Å²) >= 11 is 0. The molecule has 0 saturated carbocycles. The summed E-state index contributed by atoms with van der Waals surface area (Å²) in [7, 11) is 0. The molecule has 0 fully saturated rings. The van der Waals surface area contributed by atoms with Crippen molar-refractivity contribution in [3.8, 4) is 50.9 Å². The van der Waals surface area contributed by atoms with E-state index in [4.69, 9.17) is 9.47 Å². The van der Waals surface area contributed by atoms with E-state index in [9.17, 15) is 0 Å². The van der Waals surface area contributed by atoms with Crippen molar-refractivity contribution in [1.29, 1.82) is 0 Å². The van der Waals surface area contributed by atoms with Gasteiger partial charge in [0, 0.05) is 38.7 Å². The first-order chi connectivity index (χ1) is 25.8. The number of nitrogens with zero attached hydrogens (tertiary/aromatic N) is 1. The Kier molecular flexibility index (Phi) is 6.17. The Bertz CT molecular complexity index is 2810. The highest BCUT2D eigenvalue weighted by Gasteiger charge is 2.50. The summed E-state index contributed by atoms with van der Waals surface area (Å²) in [5, 5.41) is 2.48. The molecule has 2 aliphatic rings. The van der Waals surface area contributed by atoms with Crippen LogP contribution in [0.15, 0.2) is 188 Å². The molecule has 52 heavy (non-hydrogen) atoms. The molecule has 0 saturated heterocycles. The molecule has 3 nitrogen and oxygen atoms in total. The molecule has 1 aromatic heterocycles. The number of ether oxygens (including phenoxy) is 2. The van der Waals surface area contributed by atoms with Gasteiger partial charge in [0.05, 0.1) is 16.4 Å². The molecule has 0 bridgehead atoms. The van der Waals surface area contributed by atoms with Crippen LogP contribution in [-0.4, -0.2) is 4.57 Å². The molecule has 1 spiro atoms. The van der Waals surface area contributed by atoms with E-state index < -0.39 is 5.41 Å². The summed E-state index contributed by atoms with van der Waals surface area (Å²) < 4.78 is 15.9. The average Bonchev–Trinajstić information content (AvgIpc) is 3.55. The van der Waals surface area contributed by atoms with Gasteiger partial charge in [-0.3, -0.25) is 0 Å². The van der Waals surface area contributed by atoms with Crippen LogP contribution in [0.2, 0.25) is 0 Å². The van der Waals surface area contributed by atoms with Crippen molar-refractivity contribution in [2.24, 2.45) is 0 Å². The van der Waals surface area contributed by atoms with Gasteiger partial charge in [-0.05, 0) is 76.9 Å². The molecule has 0 amide bonds. The molecule has 11 rings (SSSR count). The fourth-order valence-electron chi connectivity index (χ4n) is 8.66. The number of aromatic nitrogens is 1. The minimum absolute atomic E-state index is 0.678. The third-order valence-corrected chi connectivity index (χ3v) is 10.9. The highest BCUT2D eigenvalue weighted by molar-refractivity contribution is 6.10. The number of benzene rings is 8. The van der Waals surface area contributed by atoms with E-state index in [0.717, 1.165) is 73.2 Å². The second-order valence-corrected chi connectivity index (χ2v) is 13.7. The zero-order valence-electron chi connectivity index (χ0n) is 28.2. The van der Waals surface area contributed by atoms with E-state index in [-0.39, 0.29) is 0 Å². The van der Waals surface area contributed by atoms with Crippen molar-refractivity contribution in [3.05, 3.63) is 210 Å². The first-order valence-corrected chi connectivity index (χ1v) is 17.8. The minimum Gasteiger partial charge on any atom is -0.457 e. The normalized spacial score (nSPS) is 13.5.